The molecular formula is C15H15FO3. The highest BCUT2D eigenvalue weighted by atomic mass is 19.1. The molecule has 100 valence electrons. The first-order chi connectivity index (χ1) is 9.11. The van der Waals surface area contributed by atoms with Crippen molar-refractivity contribution in [2.75, 3.05) is 7.11 Å². The van der Waals surface area contributed by atoms with E-state index in [2.05, 4.69) is 0 Å². The van der Waals surface area contributed by atoms with Crippen molar-refractivity contribution < 1.29 is 18.3 Å². The van der Waals surface area contributed by atoms with E-state index < -0.39 is 5.82 Å². The van der Waals surface area contributed by atoms with Gasteiger partial charge in [0.25, 0.3) is 0 Å². The number of rotatable bonds is 5. The van der Waals surface area contributed by atoms with Crippen molar-refractivity contribution >= 4 is 5.78 Å². The van der Waals surface area contributed by atoms with Crippen molar-refractivity contribution in [3.8, 4) is 5.75 Å². The fraction of sp³-hybridized carbons (Fsp3) is 0.267. The summed E-state index contributed by atoms with van der Waals surface area (Å²) in [7, 11) is 1.41. The van der Waals surface area contributed by atoms with Gasteiger partial charge >= 0.3 is 0 Å². The van der Waals surface area contributed by atoms with Crippen LogP contribution in [0, 0.1) is 5.82 Å². The second-order valence-electron chi connectivity index (χ2n) is 4.37. The minimum atomic E-state index is -0.444. The van der Waals surface area contributed by atoms with Gasteiger partial charge in [-0.05, 0) is 36.8 Å². The molecule has 0 aliphatic carbocycles. The molecule has 0 fully saturated rings. The normalized spacial score (nSPS) is 12.2. The number of hydrogen-bond donors (Lipinski definition) is 0. The monoisotopic (exact) mass is 262 g/mol. The average molecular weight is 262 g/mol. The minimum Gasteiger partial charge on any atom is -0.494 e. The second kappa shape index (κ2) is 5.69. The number of carbonyl (C=O) groups excluding carboxylic acids is 1. The average Bonchev–Trinajstić information content (AvgIpc) is 2.89. The van der Waals surface area contributed by atoms with E-state index in [9.17, 15) is 9.18 Å². The van der Waals surface area contributed by atoms with E-state index in [1.165, 1.54) is 20.1 Å². The Balaban J connectivity index is 2.38. The Morgan fingerprint density at radius 2 is 2.21 bits per heavy atom. The third-order valence-corrected chi connectivity index (χ3v) is 2.96. The Labute approximate surface area is 111 Å². The zero-order valence-electron chi connectivity index (χ0n) is 10.9. The molecule has 0 bridgehead atoms. The van der Waals surface area contributed by atoms with Crippen LogP contribution < -0.4 is 4.74 Å². The van der Waals surface area contributed by atoms with Gasteiger partial charge in [-0.25, -0.2) is 4.39 Å². The fourth-order valence-electron chi connectivity index (χ4n) is 2.06. The Kier molecular flexibility index (Phi) is 4.00. The Morgan fingerprint density at radius 1 is 1.42 bits per heavy atom. The molecule has 0 saturated carbocycles. The molecule has 0 amide bonds. The number of halogens is 1. The molecule has 0 radical (unpaired) electrons. The maximum Gasteiger partial charge on any atom is 0.165 e. The maximum absolute atomic E-state index is 13.7. The highest BCUT2D eigenvalue weighted by Gasteiger charge is 2.20. The van der Waals surface area contributed by atoms with Gasteiger partial charge in [0.15, 0.2) is 11.6 Å². The molecule has 1 aromatic carbocycles. The lowest BCUT2D eigenvalue weighted by Gasteiger charge is -2.14. The van der Waals surface area contributed by atoms with Gasteiger partial charge in [0, 0.05) is 12.3 Å². The SMILES string of the molecule is COc1ccc(C(CC(C)=O)c2ccco2)cc1F. The number of furan rings is 1. The van der Waals surface area contributed by atoms with Crippen LogP contribution >= 0.6 is 0 Å². The van der Waals surface area contributed by atoms with Crippen LogP contribution in [0.2, 0.25) is 0 Å². The predicted molar refractivity (Wildman–Crippen MR) is 68.8 cm³/mol. The van der Waals surface area contributed by atoms with E-state index >= 15 is 0 Å². The highest BCUT2D eigenvalue weighted by Crippen LogP contribution is 2.31. The third-order valence-electron chi connectivity index (χ3n) is 2.96. The number of ketones is 1. The molecule has 1 heterocycles. The van der Waals surface area contributed by atoms with Crippen molar-refractivity contribution in [3.05, 3.63) is 53.7 Å². The first-order valence-corrected chi connectivity index (χ1v) is 5.98. The van der Waals surface area contributed by atoms with E-state index in [0.717, 1.165) is 0 Å². The van der Waals surface area contributed by atoms with Crippen molar-refractivity contribution in [2.24, 2.45) is 0 Å². The highest BCUT2D eigenvalue weighted by molar-refractivity contribution is 5.77. The van der Waals surface area contributed by atoms with Crippen molar-refractivity contribution in [2.45, 2.75) is 19.3 Å². The summed E-state index contributed by atoms with van der Waals surface area (Å²) in [6, 6.07) is 8.23. The molecule has 1 atom stereocenters. The van der Waals surface area contributed by atoms with E-state index in [4.69, 9.17) is 9.15 Å². The summed E-state index contributed by atoms with van der Waals surface area (Å²) in [4.78, 5) is 11.4. The molecule has 0 aliphatic rings. The molecule has 0 spiro atoms. The largest absolute Gasteiger partial charge is 0.494 e. The van der Waals surface area contributed by atoms with Gasteiger partial charge in [-0.1, -0.05) is 6.07 Å². The lowest BCUT2D eigenvalue weighted by molar-refractivity contribution is -0.117. The first kappa shape index (κ1) is 13.3. The Hall–Kier alpha value is -2.10. The fourth-order valence-corrected chi connectivity index (χ4v) is 2.06. The van der Waals surface area contributed by atoms with Crippen LogP contribution in [0.5, 0.6) is 5.75 Å². The van der Waals surface area contributed by atoms with E-state index in [1.807, 2.05) is 0 Å². The number of ether oxygens (including phenoxy) is 1. The zero-order chi connectivity index (χ0) is 13.8. The third kappa shape index (κ3) is 3.02. The van der Waals surface area contributed by atoms with Crippen LogP contribution in [-0.4, -0.2) is 12.9 Å². The summed E-state index contributed by atoms with van der Waals surface area (Å²) < 4.78 is 24.0. The molecular weight excluding hydrogens is 247 g/mol. The van der Waals surface area contributed by atoms with Crippen LogP contribution in [0.1, 0.15) is 30.6 Å². The van der Waals surface area contributed by atoms with Gasteiger partial charge in [-0.15, -0.1) is 0 Å². The van der Waals surface area contributed by atoms with Crippen molar-refractivity contribution in [1.29, 1.82) is 0 Å². The molecule has 4 heteroatoms. The molecule has 1 aromatic heterocycles. The van der Waals surface area contributed by atoms with Crippen LogP contribution in [0.3, 0.4) is 0 Å². The van der Waals surface area contributed by atoms with Gasteiger partial charge in [0.2, 0.25) is 0 Å². The summed E-state index contributed by atoms with van der Waals surface area (Å²) in [6.07, 6.45) is 1.82. The molecule has 19 heavy (non-hydrogen) atoms. The topological polar surface area (TPSA) is 39.4 Å². The number of methoxy groups -OCH3 is 1. The van der Waals surface area contributed by atoms with Crippen LogP contribution in [-0.2, 0) is 4.79 Å². The van der Waals surface area contributed by atoms with Crippen LogP contribution in [0.25, 0.3) is 0 Å². The minimum absolute atomic E-state index is 0.0256. The lowest BCUT2D eigenvalue weighted by Crippen LogP contribution is -2.06. The standard InChI is InChI=1S/C15H15FO3/c1-10(17)8-12(14-4-3-7-19-14)11-5-6-15(18-2)13(16)9-11/h3-7,9,12H,8H2,1-2H3. The smallest absolute Gasteiger partial charge is 0.165 e. The molecule has 0 saturated heterocycles. The Morgan fingerprint density at radius 3 is 2.74 bits per heavy atom. The summed E-state index contributed by atoms with van der Waals surface area (Å²) >= 11 is 0. The lowest BCUT2D eigenvalue weighted by atomic mass is 9.91. The number of benzene rings is 1. The van der Waals surface area contributed by atoms with Crippen molar-refractivity contribution in [3.63, 3.8) is 0 Å². The molecule has 1 unspecified atom stereocenters. The molecule has 0 N–H and O–H groups in total. The summed E-state index contributed by atoms with van der Waals surface area (Å²) in [5.74, 6) is 0.148. The van der Waals surface area contributed by atoms with E-state index in [1.54, 1.807) is 30.5 Å². The zero-order valence-corrected chi connectivity index (χ0v) is 10.9. The van der Waals surface area contributed by atoms with Gasteiger partial charge in [-0.2, -0.15) is 0 Å². The number of carbonyl (C=O) groups is 1. The molecule has 0 aliphatic heterocycles. The van der Waals surface area contributed by atoms with Crippen molar-refractivity contribution in [1.82, 2.24) is 0 Å². The first-order valence-electron chi connectivity index (χ1n) is 5.98. The summed E-state index contributed by atoms with van der Waals surface area (Å²) in [5.41, 5.74) is 0.698. The molecule has 2 aromatic rings. The van der Waals surface area contributed by atoms with Gasteiger partial charge in [0.1, 0.15) is 11.5 Å². The number of Topliss-reactive ketones (excluding diaryl/α,β-unsaturated/α-hetero) is 1. The predicted octanol–water partition coefficient (Wildman–Crippen LogP) is 3.54. The van der Waals surface area contributed by atoms with Crippen LogP contribution in [0.4, 0.5) is 4.39 Å². The molecule has 3 nitrogen and oxygen atoms in total. The van der Waals surface area contributed by atoms with Gasteiger partial charge in [-0.3, -0.25) is 4.79 Å². The summed E-state index contributed by atoms with van der Waals surface area (Å²) in [5, 5.41) is 0. The van der Waals surface area contributed by atoms with Gasteiger partial charge in [0.05, 0.1) is 13.4 Å². The second-order valence-corrected chi connectivity index (χ2v) is 4.37. The Bertz CT molecular complexity index is 561. The molecule has 2 rings (SSSR count). The number of hydrogen-bond acceptors (Lipinski definition) is 3. The van der Waals surface area contributed by atoms with Crippen LogP contribution in [0.15, 0.2) is 41.0 Å². The van der Waals surface area contributed by atoms with E-state index in [0.29, 0.717) is 11.3 Å². The quantitative estimate of drug-likeness (QED) is 0.827. The van der Waals surface area contributed by atoms with E-state index in [-0.39, 0.29) is 23.9 Å². The maximum atomic E-state index is 13.7. The van der Waals surface area contributed by atoms with Gasteiger partial charge < -0.3 is 9.15 Å². The summed E-state index contributed by atoms with van der Waals surface area (Å²) in [6.45, 7) is 1.51.